The highest BCUT2D eigenvalue weighted by molar-refractivity contribution is 5.78. The van der Waals surface area contributed by atoms with Crippen LogP contribution in [0.1, 0.15) is 42.1 Å². The van der Waals surface area contributed by atoms with Crippen LogP contribution in [0.25, 0.3) is 11.0 Å². The van der Waals surface area contributed by atoms with E-state index in [2.05, 4.69) is 22.4 Å². The third-order valence-corrected chi connectivity index (χ3v) is 5.40. The van der Waals surface area contributed by atoms with Gasteiger partial charge in [-0.25, -0.2) is 4.98 Å². The van der Waals surface area contributed by atoms with Gasteiger partial charge in [-0.3, -0.25) is 9.59 Å². The molecule has 0 bridgehead atoms. The molecule has 1 aromatic heterocycles. The second kappa shape index (κ2) is 9.03. The normalized spacial score (nSPS) is 12.1. The molecule has 0 spiro atoms. The Morgan fingerprint density at radius 2 is 1.79 bits per heavy atom. The van der Waals surface area contributed by atoms with Gasteiger partial charge >= 0.3 is 0 Å². The van der Waals surface area contributed by atoms with Crippen molar-refractivity contribution in [3.8, 4) is 0 Å². The largest absolute Gasteiger partial charge is 0.354 e. The van der Waals surface area contributed by atoms with Crippen LogP contribution in [0, 0.1) is 20.8 Å². The van der Waals surface area contributed by atoms with Crippen LogP contribution in [0.15, 0.2) is 47.3 Å². The van der Waals surface area contributed by atoms with Crippen molar-refractivity contribution in [3.05, 3.63) is 75.2 Å². The van der Waals surface area contributed by atoms with E-state index in [-0.39, 0.29) is 23.9 Å². The number of fused-ring (bicyclic) bond motifs is 1. The molecule has 0 saturated heterocycles. The fourth-order valence-corrected chi connectivity index (χ4v) is 3.51. The lowest BCUT2D eigenvalue weighted by Gasteiger charge is -2.16. The van der Waals surface area contributed by atoms with Gasteiger partial charge in [-0.2, -0.15) is 0 Å². The van der Waals surface area contributed by atoms with Crippen molar-refractivity contribution in [3.63, 3.8) is 0 Å². The van der Waals surface area contributed by atoms with Crippen LogP contribution in [-0.4, -0.2) is 21.5 Å². The summed E-state index contributed by atoms with van der Waals surface area (Å²) in [5.74, 6) is -0.0380. The summed E-state index contributed by atoms with van der Waals surface area (Å²) in [5, 5.41) is 3.05. The third-order valence-electron chi connectivity index (χ3n) is 5.40. The predicted octanol–water partition coefficient (Wildman–Crippen LogP) is 3.85. The van der Waals surface area contributed by atoms with Crippen LogP contribution in [0.4, 0.5) is 0 Å². The molecule has 29 heavy (non-hydrogen) atoms. The van der Waals surface area contributed by atoms with Gasteiger partial charge in [0.25, 0.3) is 5.56 Å². The van der Waals surface area contributed by atoms with E-state index in [1.807, 2.05) is 51.1 Å². The Balaban J connectivity index is 1.65. The number of aryl methyl sites for hydroxylation is 5. The Bertz CT molecular complexity index is 1070. The summed E-state index contributed by atoms with van der Waals surface area (Å²) in [6, 6.07) is 14.3. The molecule has 0 radical (unpaired) electrons. The first-order valence-electron chi connectivity index (χ1n) is 10.2. The Morgan fingerprint density at radius 3 is 2.52 bits per heavy atom. The van der Waals surface area contributed by atoms with E-state index in [4.69, 9.17) is 0 Å². The first-order valence-corrected chi connectivity index (χ1v) is 10.2. The average Bonchev–Trinajstić information content (AvgIpc) is 2.69. The number of hydrogen-bond acceptors (Lipinski definition) is 3. The Kier molecular flexibility index (Phi) is 6.47. The Hall–Kier alpha value is -2.95. The van der Waals surface area contributed by atoms with Gasteiger partial charge in [0.05, 0.1) is 11.0 Å². The van der Waals surface area contributed by atoms with Gasteiger partial charge in [0, 0.05) is 19.0 Å². The summed E-state index contributed by atoms with van der Waals surface area (Å²) in [6.07, 6.45) is 2.07. The highest BCUT2D eigenvalue weighted by Gasteiger charge is 2.13. The quantitative estimate of drug-likeness (QED) is 0.665. The summed E-state index contributed by atoms with van der Waals surface area (Å²) in [6.45, 7) is 8.14. The van der Waals surface area contributed by atoms with Crippen molar-refractivity contribution >= 4 is 16.9 Å². The fraction of sp³-hybridized carbons (Fsp3) is 0.375. The number of nitrogens with zero attached hydrogens (tertiary/aromatic N) is 2. The van der Waals surface area contributed by atoms with Gasteiger partial charge in [-0.05, 0) is 69.4 Å². The second-order valence-corrected chi connectivity index (χ2v) is 7.82. The first-order chi connectivity index (χ1) is 13.8. The highest BCUT2D eigenvalue weighted by Crippen LogP contribution is 2.17. The van der Waals surface area contributed by atoms with E-state index >= 15 is 0 Å². The number of aromatic nitrogens is 2. The van der Waals surface area contributed by atoms with Gasteiger partial charge in [-0.15, -0.1) is 0 Å². The Morgan fingerprint density at radius 1 is 1.10 bits per heavy atom. The summed E-state index contributed by atoms with van der Waals surface area (Å²) in [4.78, 5) is 29.5. The molecule has 1 atom stereocenters. The van der Waals surface area contributed by atoms with E-state index in [0.29, 0.717) is 12.2 Å². The molecular formula is C24H29N3O2. The molecule has 3 aromatic rings. The maximum absolute atomic E-state index is 12.6. The lowest BCUT2D eigenvalue weighted by molar-refractivity contribution is -0.121. The Labute approximate surface area is 171 Å². The molecule has 5 nitrogen and oxygen atoms in total. The van der Waals surface area contributed by atoms with Crippen molar-refractivity contribution in [2.45, 2.75) is 59.5 Å². The smallest absolute Gasteiger partial charge is 0.272 e. The van der Waals surface area contributed by atoms with E-state index in [9.17, 15) is 9.59 Å². The van der Waals surface area contributed by atoms with Crippen molar-refractivity contribution in [2.24, 2.45) is 0 Å². The predicted molar refractivity (Wildman–Crippen MR) is 117 cm³/mol. The number of carbonyl (C=O) groups is 1. The van der Waals surface area contributed by atoms with Crippen LogP contribution in [0.5, 0.6) is 0 Å². The molecular weight excluding hydrogens is 362 g/mol. The standard InChI is InChI=1S/C24H29N3O2/c1-16-14-21-22(15-17(16)2)27(24(29)19(4)26-21)13-12-23(28)25-18(3)10-11-20-8-6-5-7-9-20/h5-9,14-15,18H,10-13H2,1-4H3,(H,25,28). The minimum atomic E-state index is -0.134. The van der Waals surface area contributed by atoms with E-state index < -0.39 is 0 Å². The van der Waals surface area contributed by atoms with Crippen LogP contribution in [0.2, 0.25) is 0 Å². The minimum absolute atomic E-state index is 0.0380. The summed E-state index contributed by atoms with van der Waals surface area (Å²) in [7, 11) is 0. The number of benzene rings is 2. The molecule has 0 fully saturated rings. The van der Waals surface area contributed by atoms with Gasteiger partial charge < -0.3 is 9.88 Å². The number of amides is 1. The highest BCUT2D eigenvalue weighted by atomic mass is 16.2. The number of rotatable bonds is 7. The van der Waals surface area contributed by atoms with Crippen molar-refractivity contribution in [1.29, 1.82) is 0 Å². The van der Waals surface area contributed by atoms with Gasteiger partial charge in [0.15, 0.2) is 0 Å². The van der Waals surface area contributed by atoms with Crippen molar-refractivity contribution < 1.29 is 4.79 Å². The third kappa shape index (κ3) is 5.11. The summed E-state index contributed by atoms with van der Waals surface area (Å²) in [5.41, 5.74) is 5.41. The molecule has 1 amide bonds. The van der Waals surface area contributed by atoms with Crippen LogP contribution in [0.3, 0.4) is 0 Å². The zero-order valence-corrected chi connectivity index (χ0v) is 17.7. The van der Waals surface area contributed by atoms with E-state index in [0.717, 1.165) is 35.0 Å². The average molecular weight is 392 g/mol. The van der Waals surface area contributed by atoms with Crippen LogP contribution in [-0.2, 0) is 17.8 Å². The SMILES string of the molecule is Cc1cc2nc(C)c(=O)n(CCC(=O)NC(C)CCc3ccccc3)c2cc1C. The molecule has 152 valence electrons. The topological polar surface area (TPSA) is 64.0 Å². The van der Waals surface area contributed by atoms with Gasteiger partial charge in [-0.1, -0.05) is 30.3 Å². The first kappa shape index (κ1) is 20.8. The number of hydrogen-bond donors (Lipinski definition) is 1. The van der Waals surface area contributed by atoms with Crippen LogP contribution >= 0.6 is 0 Å². The van der Waals surface area contributed by atoms with Gasteiger partial charge in [0.1, 0.15) is 5.69 Å². The fourth-order valence-electron chi connectivity index (χ4n) is 3.51. The monoisotopic (exact) mass is 391 g/mol. The molecule has 0 saturated carbocycles. The number of nitrogens with one attached hydrogen (secondary N) is 1. The summed E-state index contributed by atoms with van der Waals surface area (Å²) < 4.78 is 1.68. The maximum Gasteiger partial charge on any atom is 0.272 e. The lowest BCUT2D eigenvalue weighted by Crippen LogP contribution is -2.34. The molecule has 5 heteroatoms. The zero-order chi connectivity index (χ0) is 21.0. The maximum atomic E-state index is 12.6. The summed E-state index contributed by atoms with van der Waals surface area (Å²) >= 11 is 0. The van der Waals surface area contributed by atoms with Crippen molar-refractivity contribution in [1.82, 2.24) is 14.9 Å². The van der Waals surface area contributed by atoms with Crippen LogP contribution < -0.4 is 10.9 Å². The van der Waals surface area contributed by atoms with Gasteiger partial charge in [0.2, 0.25) is 5.91 Å². The van der Waals surface area contributed by atoms with E-state index in [1.54, 1.807) is 11.5 Å². The molecule has 0 aliphatic heterocycles. The minimum Gasteiger partial charge on any atom is -0.354 e. The van der Waals surface area contributed by atoms with Crippen molar-refractivity contribution in [2.75, 3.05) is 0 Å². The molecule has 3 rings (SSSR count). The number of carbonyl (C=O) groups excluding carboxylic acids is 1. The second-order valence-electron chi connectivity index (χ2n) is 7.82. The molecule has 1 heterocycles. The zero-order valence-electron chi connectivity index (χ0n) is 17.7. The molecule has 0 aliphatic carbocycles. The molecule has 0 aliphatic rings. The molecule has 2 aromatic carbocycles. The van der Waals surface area contributed by atoms with E-state index in [1.165, 1.54) is 5.56 Å². The lowest BCUT2D eigenvalue weighted by atomic mass is 10.1. The molecule has 1 N–H and O–H groups in total. The molecule has 1 unspecified atom stereocenters.